The van der Waals surface area contributed by atoms with Gasteiger partial charge in [0.25, 0.3) is 0 Å². The van der Waals surface area contributed by atoms with E-state index < -0.39 is 0 Å². The highest BCUT2D eigenvalue weighted by molar-refractivity contribution is 5.89. The largest absolute Gasteiger partial charge is 0.446 e. The smallest absolute Gasteiger partial charge is 0.228 e. The highest BCUT2D eigenvalue weighted by Gasteiger charge is 2.03. The number of hydrogen-bond donors (Lipinski definition) is 2. The van der Waals surface area contributed by atoms with Gasteiger partial charge in [0, 0.05) is 6.07 Å². The molecule has 0 saturated heterocycles. The summed E-state index contributed by atoms with van der Waals surface area (Å²) in [6.45, 7) is 1.65. The van der Waals surface area contributed by atoms with Crippen LogP contribution >= 0.6 is 0 Å². The fraction of sp³-hybridized carbons (Fsp3) is 0.375. The molecule has 0 bridgehead atoms. The van der Waals surface area contributed by atoms with E-state index in [4.69, 9.17) is 9.52 Å². The predicted molar refractivity (Wildman–Crippen MR) is 43.8 cm³/mol. The molecule has 0 aromatic carbocycles. The second kappa shape index (κ2) is 3.92. The van der Waals surface area contributed by atoms with E-state index in [1.54, 1.807) is 19.1 Å². The van der Waals surface area contributed by atoms with Crippen LogP contribution in [0.15, 0.2) is 16.5 Å². The normalized spacial score (nSPS) is 9.83. The third-order valence-electron chi connectivity index (χ3n) is 1.34. The molecule has 4 nitrogen and oxygen atoms in total. The SMILES string of the molecule is Cc1ccc(NC(=O)CCO)o1. The van der Waals surface area contributed by atoms with Gasteiger partial charge in [-0.1, -0.05) is 0 Å². The summed E-state index contributed by atoms with van der Waals surface area (Å²) in [5.41, 5.74) is 0. The van der Waals surface area contributed by atoms with E-state index in [0.717, 1.165) is 5.76 Å². The third kappa shape index (κ3) is 2.39. The summed E-state index contributed by atoms with van der Waals surface area (Å²) in [7, 11) is 0. The molecule has 4 heteroatoms. The Morgan fingerprint density at radius 1 is 1.67 bits per heavy atom. The Hall–Kier alpha value is -1.29. The van der Waals surface area contributed by atoms with Gasteiger partial charge in [0.1, 0.15) is 5.76 Å². The minimum Gasteiger partial charge on any atom is -0.446 e. The molecule has 1 heterocycles. The molecule has 0 unspecified atom stereocenters. The number of carbonyl (C=O) groups is 1. The van der Waals surface area contributed by atoms with Crippen molar-refractivity contribution in [3.8, 4) is 0 Å². The van der Waals surface area contributed by atoms with Crippen molar-refractivity contribution in [1.29, 1.82) is 0 Å². The first-order valence-corrected chi connectivity index (χ1v) is 3.69. The van der Waals surface area contributed by atoms with Gasteiger partial charge in [0.15, 0.2) is 5.88 Å². The molecule has 0 aliphatic rings. The summed E-state index contributed by atoms with van der Waals surface area (Å²) in [4.78, 5) is 10.9. The molecule has 0 radical (unpaired) electrons. The highest BCUT2D eigenvalue weighted by Crippen LogP contribution is 2.11. The summed E-state index contributed by atoms with van der Waals surface area (Å²) in [6, 6.07) is 3.43. The van der Waals surface area contributed by atoms with Gasteiger partial charge in [-0.3, -0.25) is 10.1 Å². The van der Waals surface area contributed by atoms with E-state index in [1.165, 1.54) is 0 Å². The molecular formula is C8H11NO3. The van der Waals surface area contributed by atoms with E-state index >= 15 is 0 Å². The summed E-state index contributed by atoms with van der Waals surface area (Å²) >= 11 is 0. The molecule has 12 heavy (non-hydrogen) atoms. The molecule has 0 saturated carbocycles. The second-order valence-electron chi connectivity index (χ2n) is 2.43. The number of furan rings is 1. The molecule has 1 aromatic rings. The van der Waals surface area contributed by atoms with Crippen LogP contribution in [-0.2, 0) is 4.79 Å². The van der Waals surface area contributed by atoms with Gasteiger partial charge in [0.2, 0.25) is 5.91 Å². The first-order valence-electron chi connectivity index (χ1n) is 3.69. The van der Waals surface area contributed by atoms with Crippen molar-refractivity contribution in [3.63, 3.8) is 0 Å². The number of rotatable bonds is 3. The Bertz CT molecular complexity index is 267. The van der Waals surface area contributed by atoms with Gasteiger partial charge >= 0.3 is 0 Å². The van der Waals surface area contributed by atoms with Gasteiger partial charge in [-0.25, -0.2) is 0 Å². The van der Waals surface area contributed by atoms with Crippen LogP contribution in [0.2, 0.25) is 0 Å². The van der Waals surface area contributed by atoms with Crippen LogP contribution < -0.4 is 5.32 Å². The number of aliphatic hydroxyl groups excluding tert-OH is 1. The molecule has 0 atom stereocenters. The lowest BCUT2D eigenvalue weighted by atomic mass is 10.4. The first kappa shape index (κ1) is 8.80. The highest BCUT2D eigenvalue weighted by atomic mass is 16.4. The Morgan fingerprint density at radius 3 is 2.92 bits per heavy atom. The zero-order valence-corrected chi connectivity index (χ0v) is 6.83. The molecule has 0 fully saturated rings. The molecule has 0 aliphatic heterocycles. The minimum absolute atomic E-state index is 0.0970. The number of anilines is 1. The maximum Gasteiger partial charge on any atom is 0.228 e. The summed E-state index contributed by atoms with van der Waals surface area (Å²) in [6.07, 6.45) is 0.0970. The average molecular weight is 169 g/mol. The van der Waals surface area contributed by atoms with Crippen LogP contribution in [0.1, 0.15) is 12.2 Å². The average Bonchev–Trinajstić information content (AvgIpc) is 2.36. The van der Waals surface area contributed by atoms with Crippen LogP contribution in [0.25, 0.3) is 0 Å². The van der Waals surface area contributed by atoms with Crippen molar-refractivity contribution >= 4 is 11.8 Å². The van der Waals surface area contributed by atoms with Crippen LogP contribution in [0.5, 0.6) is 0 Å². The molecule has 1 rings (SSSR count). The van der Waals surface area contributed by atoms with E-state index in [2.05, 4.69) is 5.32 Å². The Labute approximate surface area is 70.2 Å². The predicted octanol–water partition coefficient (Wildman–Crippen LogP) is 0.909. The first-order chi connectivity index (χ1) is 5.72. The lowest BCUT2D eigenvalue weighted by Gasteiger charge is -1.98. The van der Waals surface area contributed by atoms with Gasteiger partial charge in [-0.15, -0.1) is 0 Å². The zero-order valence-electron chi connectivity index (χ0n) is 6.83. The number of aryl methyl sites for hydroxylation is 1. The van der Waals surface area contributed by atoms with Crippen molar-refractivity contribution in [3.05, 3.63) is 17.9 Å². The Morgan fingerprint density at radius 2 is 2.42 bits per heavy atom. The van der Waals surface area contributed by atoms with Crippen molar-refractivity contribution in [2.75, 3.05) is 11.9 Å². The maximum absolute atomic E-state index is 10.9. The second-order valence-corrected chi connectivity index (χ2v) is 2.43. The number of aliphatic hydroxyl groups is 1. The molecule has 2 N–H and O–H groups in total. The van der Waals surface area contributed by atoms with Crippen molar-refractivity contribution < 1.29 is 14.3 Å². The van der Waals surface area contributed by atoms with E-state index in [0.29, 0.717) is 5.88 Å². The van der Waals surface area contributed by atoms with Crippen LogP contribution in [0.3, 0.4) is 0 Å². The van der Waals surface area contributed by atoms with Crippen LogP contribution in [0, 0.1) is 6.92 Å². The van der Waals surface area contributed by atoms with Gasteiger partial charge in [-0.2, -0.15) is 0 Å². The number of amides is 1. The number of nitrogens with one attached hydrogen (secondary N) is 1. The maximum atomic E-state index is 10.9. The van der Waals surface area contributed by atoms with Gasteiger partial charge < -0.3 is 9.52 Å². The topological polar surface area (TPSA) is 62.5 Å². The van der Waals surface area contributed by atoms with Crippen LogP contribution in [0.4, 0.5) is 5.88 Å². The molecule has 1 aromatic heterocycles. The Balaban J connectivity index is 2.46. The van der Waals surface area contributed by atoms with Crippen molar-refractivity contribution in [1.82, 2.24) is 0 Å². The van der Waals surface area contributed by atoms with Crippen molar-refractivity contribution in [2.24, 2.45) is 0 Å². The van der Waals surface area contributed by atoms with E-state index in [-0.39, 0.29) is 18.9 Å². The standard InChI is InChI=1S/C8H11NO3/c1-6-2-3-8(12-6)9-7(11)4-5-10/h2-3,10H,4-5H2,1H3,(H,9,11). The molecular weight excluding hydrogens is 158 g/mol. The Kier molecular flexibility index (Phi) is 2.88. The van der Waals surface area contributed by atoms with Gasteiger partial charge in [-0.05, 0) is 13.0 Å². The quantitative estimate of drug-likeness (QED) is 0.706. The lowest BCUT2D eigenvalue weighted by Crippen LogP contribution is -2.11. The fourth-order valence-electron chi connectivity index (χ4n) is 0.803. The third-order valence-corrected chi connectivity index (χ3v) is 1.34. The summed E-state index contributed by atoms with van der Waals surface area (Å²) in [5, 5.41) is 10.9. The van der Waals surface area contributed by atoms with Gasteiger partial charge in [0.05, 0.1) is 13.0 Å². The van der Waals surface area contributed by atoms with Crippen LogP contribution in [-0.4, -0.2) is 17.6 Å². The molecule has 66 valence electrons. The summed E-state index contributed by atoms with van der Waals surface area (Å²) in [5.74, 6) is 0.923. The van der Waals surface area contributed by atoms with E-state index in [1.807, 2.05) is 0 Å². The van der Waals surface area contributed by atoms with Crippen molar-refractivity contribution in [2.45, 2.75) is 13.3 Å². The fourth-order valence-corrected chi connectivity index (χ4v) is 0.803. The number of hydrogen-bond acceptors (Lipinski definition) is 3. The lowest BCUT2D eigenvalue weighted by molar-refractivity contribution is -0.116. The monoisotopic (exact) mass is 169 g/mol. The summed E-state index contributed by atoms with van der Waals surface area (Å²) < 4.78 is 5.09. The minimum atomic E-state index is -0.244. The molecule has 1 amide bonds. The number of carbonyl (C=O) groups excluding carboxylic acids is 1. The molecule has 0 spiro atoms. The molecule has 0 aliphatic carbocycles. The zero-order chi connectivity index (χ0) is 8.97. The van der Waals surface area contributed by atoms with E-state index in [9.17, 15) is 4.79 Å².